The average Bonchev–Trinajstić information content (AvgIpc) is 2.40. The maximum atomic E-state index is 11.6. The molecular weight excluding hydrogens is 287 g/mol. The van der Waals surface area contributed by atoms with E-state index >= 15 is 0 Å². The molecule has 0 heterocycles. The fourth-order valence-electron chi connectivity index (χ4n) is 1.61. The Bertz CT molecular complexity index is 693. The van der Waals surface area contributed by atoms with Gasteiger partial charge in [-0.2, -0.15) is 0 Å². The van der Waals surface area contributed by atoms with Gasteiger partial charge in [-0.05, 0) is 6.92 Å². The number of benzene rings is 2. The molecule has 5 heteroatoms. The number of carbonyl (C=O) groups excluding carboxylic acids is 1. The van der Waals surface area contributed by atoms with Crippen LogP contribution in [0, 0.1) is 0 Å². The summed E-state index contributed by atoms with van der Waals surface area (Å²) in [5.74, 6) is -0.626. The van der Waals surface area contributed by atoms with E-state index in [2.05, 4.69) is 6.58 Å². The summed E-state index contributed by atoms with van der Waals surface area (Å²) in [7, 11) is 0. The van der Waals surface area contributed by atoms with Crippen LogP contribution in [0.5, 0.6) is 11.5 Å². The fraction of sp³-hybridized carbons (Fsp3) is 0.0714. The first-order chi connectivity index (χ1) is 8.93. The van der Waals surface area contributed by atoms with E-state index < -0.39 is 5.97 Å². The summed E-state index contributed by atoms with van der Waals surface area (Å²) in [5.41, 5.74) is 0.240. The maximum Gasteiger partial charge on any atom is 0.338 e. The highest BCUT2D eigenvalue weighted by Gasteiger charge is 2.19. The SMILES string of the molecule is C=C(C)C(=O)Oc1c(Cl)c(Cl)c(O)c2ccccc12. The number of hydrogen-bond donors (Lipinski definition) is 1. The molecule has 2 rings (SSSR count). The second kappa shape index (κ2) is 5.11. The van der Waals surface area contributed by atoms with Crippen LogP contribution in [-0.2, 0) is 4.79 Å². The molecule has 2 aromatic rings. The topological polar surface area (TPSA) is 46.5 Å². The Kier molecular flexibility index (Phi) is 3.69. The van der Waals surface area contributed by atoms with Gasteiger partial charge in [0.15, 0.2) is 5.75 Å². The van der Waals surface area contributed by atoms with E-state index in [1.807, 2.05) is 0 Å². The van der Waals surface area contributed by atoms with Crippen molar-refractivity contribution >= 4 is 39.9 Å². The summed E-state index contributed by atoms with van der Waals surface area (Å²) < 4.78 is 5.19. The third kappa shape index (κ3) is 2.39. The van der Waals surface area contributed by atoms with Crippen LogP contribution in [0.2, 0.25) is 10.0 Å². The normalized spacial score (nSPS) is 10.5. The van der Waals surface area contributed by atoms with Crippen molar-refractivity contribution < 1.29 is 14.6 Å². The third-order valence-electron chi connectivity index (χ3n) is 2.57. The molecule has 0 unspecified atom stereocenters. The monoisotopic (exact) mass is 296 g/mol. The van der Waals surface area contributed by atoms with Crippen molar-refractivity contribution in [2.75, 3.05) is 0 Å². The summed E-state index contributed by atoms with van der Waals surface area (Å²) in [6.07, 6.45) is 0. The highest BCUT2D eigenvalue weighted by Crippen LogP contribution is 2.46. The van der Waals surface area contributed by atoms with E-state index in [0.29, 0.717) is 10.8 Å². The average molecular weight is 297 g/mol. The van der Waals surface area contributed by atoms with Crippen LogP contribution in [0.4, 0.5) is 0 Å². The van der Waals surface area contributed by atoms with E-state index in [1.54, 1.807) is 24.3 Å². The van der Waals surface area contributed by atoms with Crippen molar-refractivity contribution in [2.24, 2.45) is 0 Å². The van der Waals surface area contributed by atoms with Crippen LogP contribution >= 0.6 is 23.2 Å². The Morgan fingerprint density at radius 2 is 1.79 bits per heavy atom. The highest BCUT2D eigenvalue weighted by atomic mass is 35.5. The number of rotatable bonds is 2. The Morgan fingerprint density at radius 3 is 2.37 bits per heavy atom. The minimum absolute atomic E-state index is 0.00698. The molecule has 0 fully saturated rings. The number of hydrogen-bond acceptors (Lipinski definition) is 3. The molecule has 3 nitrogen and oxygen atoms in total. The number of aromatic hydroxyl groups is 1. The van der Waals surface area contributed by atoms with Crippen molar-refractivity contribution in [3.05, 3.63) is 46.5 Å². The van der Waals surface area contributed by atoms with Gasteiger partial charge in [0.2, 0.25) is 0 Å². The molecule has 0 bridgehead atoms. The van der Waals surface area contributed by atoms with E-state index in [4.69, 9.17) is 27.9 Å². The molecule has 0 aliphatic heterocycles. The first-order valence-electron chi connectivity index (χ1n) is 5.39. The molecule has 0 saturated heterocycles. The molecule has 0 spiro atoms. The molecule has 98 valence electrons. The number of fused-ring (bicyclic) bond motifs is 1. The molecule has 0 aromatic heterocycles. The van der Waals surface area contributed by atoms with Crippen LogP contribution in [0.25, 0.3) is 10.8 Å². The van der Waals surface area contributed by atoms with E-state index in [1.165, 1.54) is 6.92 Å². The first-order valence-corrected chi connectivity index (χ1v) is 6.15. The van der Waals surface area contributed by atoms with Gasteiger partial charge < -0.3 is 9.84 Å². The Hall–Kier alpha value is -1.71. The van der Waals surface area contributed by atoms with Crippen molar-refractivity contribution in [3.63, 3.8) is 0 Å². The minimum atomic E-state index is -0.603. The standard InChI is InChI=1S/C14H10Cl2O3/c1-7(2)14(18)19-13-9-6-4-3-5-8(9)12(17)10(15)11(13)16/h3-6,17H,1H2,2H3. The quantitative estimate of drug-likeness (QED) is 0.509. The Morgan fingerprint density at radius 1 is 1.21 bits per heavy atom. The van der Waals surface area contributed by atoms with Gasteiger partial charge in [-0.1, -0.05) is 54.0 Å². The van der Waals surface area contributed by atoms with Gasteiger partial charge in [0.1, 0.15) is 15.8 Å². The zero-order valence-electron chi connectivity index (χ0n) is 10.0. The number of esters is 1. The Balaban J connectivity index is 2.72. The predicted molar refractivity (Wildman–Crippen MR) is 76.1 cm³/mol. The first kappa shape index (κ1) is 13.7. The third-order valence-corrected chi connectivity index (χ3v) is 3.40. The summed E-state index contributed by atoms with van der Waals surface area (Å²) in [6, 6.07) is 6.81. The lowest BCUT2D eigenvalue weighted by atomic mass is 10.1. The largest absolute Gasteiger partial charge is 0.506 e. The lowest BCUT2D eigenvalue weighted by Gasteiger charge is -2.12. The lowest BCUT2D eigenvalue weighted by molar-refractivity contribution is -0.129. The van der Waals surface area contributed by atoms with Crippen molar-refractivity contribution in [3.8, 4) is 11.5 Å². The van der Waals surface area contributed by atoms with Gasteiger partial charge in [-0.3, -0.25) is 0 Å². The molecule has 0 amide bonds. The molecule has 0 aliphatic carbocycles. The van der Waals surface area contributed by atoms with Gasteiger partial charge in [0.25, 0.3) is 0 Å². The highest BCUT2D eigenvalue weighted by molar-refractivity contribution is 6.45. The van der Waals surface area contributed by atoms with Crippen LogP contribution in [0.15, 0.2) is 36.4 Å². The zero-order chi connectivity index (χ0) is 14.2. The molecule has 0 radical (unpaired) electrons. The van der Waals surface area contributed by atoms with Crippen LogP contribution in [0.3, 0.4) is 0 Å². The number of phenolic OH excluding ortho intramolecular Hbond substituents is 1. The molecule has 1 N–H and O–H groups in total. The molecular formula is C14H10Cl2O3. The van der Waals surface area contributed by atoms with E-state index in [-0.39, 0.29) is 27.1 Å². The fourth-order valence-corrected chi connectivity index (χ4v) is 2.02. The predicted octanol–water partition coefficient (Wildman–Crippen LogP) is 4.33. The summed E-state index contributed by atoms with van der Waals surface area (Å²) in [4.78, 5) is 11.6. The summed E-state index contributed by atoms with van der Waals surface area (Å²) >= 11 is 12.0. The summed E-state index contributed by atoms with van der Waals surface area (Å²) in [5, 5.41) is 10.8. The number of halogens is 2. The van der Waals surface area contributed by atoms with Crippen molar-refractivity contribution in [2.45, 2.75) is 6.92 Å². The van der Waals surface area contributed by atoms with Gasteiger partial charge in [-0.25, -0.2) is 4.79 Å². The van der Waals surface area contributed by atoms with Gasteiger partial charge in [0.05, 0.1) is 0 Å². The van der Waals surface area contributed by atoms with Crippen molar-refractivity contribution in [1.29, 1.82) is 0 Å². The van der Waals surface area contributed by atoms with Gasteiger partial charge >= 0.3 is 5.97 Å². The lowest BCUT2D eigenvalue weighted by Crippen LogP contribution is -2.09. The molecule has 2 aromatic carbocycles. The smallest absolute Gasteiger partial charge is 0.338 e. The number of ether oxygens (including phenoxy) is 1. The number of carbonyl (C=O) groups is 1. The van der Waals surface area contributed by atoms with Gasteiger partial charge in [0, 0.05) is 16.3 Å². The van der Waals surface area contributed by atoms with Crippen molar-refractivity contribution in [1.82, 2.24) is 0 Å². The molecule has 0 aliphatic rings. The second-order valence-electron chi connectivity index (χ2n) is 4.02. The van der Waals surface area contributed by atoms with E-state index in [0.717, 1.165) is 0 Å². The molecule has 0 saturated carbocycles. The van der Waals surface area contributed by atoms with Crippen LogP contribution in [0.1, 0.15) is 6.92 Å². The molecule has 0 atom stereocenters. The maximum absolute atomic E-state index is 11.6. The number of phenols is 1. The summed E-state index contributed by atoms with van der Waals surface area (Å²) in [6.45, 7) is 5.03. The Labute approximate surface area is 120 Å². The minimum Gasteiger partial charge on any atom is -0.506 e. The zero-order valence-corrected chi connectivity index (χ0v) is 11.5. The van der Waals surface area contributed by atoms with E-state index in [9.17, 15) is 9.90 Å². The second-order valence-corrected chi connectivity index (χ2v) is 4.78. The van der Waals surface area contributed by atoms with Crippen LogP contribution in [-0.4, -0.2) is 11.1 Å². The molecule has 19 heavy (non-hydrogen) atoms. The van der Waals surface area contributed by atoms with Gasteiger partial charge in [-0.15, -0.1) is 0 Å². The van der Waals surface area contributed by atoms with Crippen LogP contribution < -0.4 is 4.74 Å².